The summed E-state index contributed by atoms with van der Waals surface area (Å²) in [6.07, 6.45) is 30.7. The van der Waals surface area contributed by atoms with Gasteiger partial charge in [-0.3, -0.25) is 0 Å². The molecule has 0 spiro atoms. The summed E-state index contributed by atoms with van der Waals surface area (Å²) in [5.41, 5.74) is 23.9. The highest BCUT2D eigenvalue weighted by Crippen LogP contribution is 2.45. The first kappa shape index (κ1) is 96.3. The Bertz CT molecular complexity index is 6470. The molecule has 0 saturated carbocycles. The number of benzene rings is 8. The zero-order chi connectivity index (χ0) is 97.6. The zero-order valence-electron chi connectivity index (χ0n) is 82.7. The summed E-state index contributed by atoms with van der Waals surface area (Å²) >= 11 is 0. The Morgan fingerprint density at radius 2 is 0.583 bits per heavy atom. The molecule has 4 aromatic heterocycles. The Hall–Kier alpha value is -14.4. The minimum atomic E-state index is -0.319. The molecule has 0 radical (unpaired) electrons. The van der Waals surface area contributed by atoms with Gasteiger partial charge in [0.05, 0.1) is 123 Å². The Labute approximate surface area is 813 Å². The van der Waals surface area contributed by atoms with E-state index in [9.17, 15) is 13.2 Å². The topological polar surface area (TPSA) is 208 Å². The molecule has 24 nitrogen and oxygen atoms in total. The van der Waals surface area contributed by atoms with E-state index in [1.807, 2.05) is 152 Å². The van der Waals surface area contributed by atoms with Gasteiger partial charge in [-0.05, 0) is 308 Å². The summed E-state index contributed by atoms with van der Waals surface area (Å²) in [6.45, 7) is 32.5. The number of piperidine rings is 4. The van der Waals surface area contributed by atoms with Gasteiger partial charge in [0.1, 0.15) is 40.4 Å². The number of methoxy groups -OCH3 is 4. The molecule has 0 N–H and O–H groups in total. The molecule has 722 valence electrons. The van der Waals surface area contributed by atoms with Crippen molar-refractivity contribution in [1.82, 2.24) is 57.8 Å². The molecule has 8 aliphatic heterocycles. The lowest BCUT2D eigenvalue weighted by atomic mass is 9.88. The van der Waals surface area contributed by atoms with Gasteiger partial charge in [-0.25, -0.2) is 33.1 Å². The van der Waals surface area contributed by atoms with Gasteiger partial charge in [0.15, 0.2) is 47.8 Å². The van der Waals surface area contributed by atoms with Crippen molar-refractivity contribution in [2.45, 2.75) is 197 Å². The second-order valence-corrected chi connectivity index (χ2v) is 38.1. The number of amidine groups is 4. The van der Waals surface area contributed by atoms with Crippen LogP contribution in [-0.4, -0.2) is 160 Å². The standard InChI is InChI=1S/C29H33FN4O2.C29H34N4O2.2C27H29FN4O2/c1-18(2)27-28(23-11-19(3)12-24(30)15-23)36-32-29-22(7-6-10-34(27)29)13-21-8-9-25(26(14-21)35-5)33-16-20(4)31-17-33;1-19(2)27-28(23-11-8-20(3)9-12-23)35-31-29-24(7-6-14-33(27)29)15-22-10-13-25(26(16-22)34-5)32-17-21(4)30-18-32;2*1-17-10-22(14-23(28)11-17)26-19(3)32-9-5-6-21(27(32)30-34-26)12-20-7-8-24(25(13-20)33-4)31-15-18(2)29-16-31/h8-9,11-18,27-28H,6-7,10H2,1-5H3;8-13,15-19,27-28H,6-7,14H2,1-5H3;2*7-8,10-16,19,26H,5-6,9H2,1-4H3/b22-13+;24-15+;2*21-12+/t2*27-,28?;19-,26+;19-,26-/m0000/s1. The molecule has 0 aliphatic carbocycles. The van der Waals surface area contributed by atoms with Crippen molar-refractivity contribution in [3.05, 3.63) is 331 Å². The molecule has 8 aliphatic rings. The van der Waals surface area contributed by atoms with E-state index in [1.165, 1.54) is 28.8 Å². The van der Waals surface area contributed by atoms with Crippen LogP contribution in [-0.2, 0) is 19.4 Å². The molecule has 139 heavy (non-hydrogen) atoms. The largest absolute Gasteiger partial charge is 0.495 e. The lowest BCUT2D eigenvalue weighted by Crippen LogP contribution is -2.52. The van der Waals surface area contributed by atoms with Crippen molar-refractivity contribution in [3.63, 3.8) is 0 Å². The smallest absolute Gasteiger partial charge is 0.173 e. The Kier molecular flexibility index (Phi) is 29.3. The molecule has 20 rings (SSSR count). The van der Waals surface area contributed by atoms with Crippen molar-refractivity contribution in [3.8, 4) is 45.7 Å². The predicted molar refractivity (Wildman–Crippen MR) is 541 cm³/mol. The van der Waals surface area contributed by atoms with Gasteiger partial charge in [-0.2, -0.15) is 0 Å². The normalized spacial score (nSPS) is 21.0. The zero-order valence-corrected chi connectivity index (χ0v) is 82.7. The van der Waals surface area contributed by atoms with E-state index < -0.39 is 0 Å². The molecular formula is C112H125F3N16O8. The highest BCUT2D eigenvalue weighted by molar-refractivity contribution is 6.05. The quantitative estimate of drug-likeness (QED) is 0.0782. The minimum Gasteiger partial charge on any atom is -0.495 e. The maximum atomic E-state index is 14.2. The number of ether oxygens (including phenoxy) is 4. The van der Waals surface area contributed by atoms with Crippen LogP contribution in [0.1, 0.15) is 207 Å². The number of aromatic nitrogens is 8. The van der Waals surface area contributed by atoms with Gasteiger partial charge in [0.2, 0.25) is 0 Å². The van der Waals surface area contributed by atoms with Crippen molar-refractivity contribution in [1.29, 1.82) is 0 Å². The fourth-order valence-electron chi connectivity index (χ4n) is 20.3. The molecular weight excluding hydrogens is 1750 g/mol. The molecule has 4 saturated heterocycles. The van der Waals surface area contributed by atoms with E-state index in [0.717, 1.165) is 242 Å². The van der Waals surface area contributed by atoms with E-state index in [2.05, 4.69) is 194 Å². The van der Waals surface area contributed by atoms with Crippen LogP contribution in [0.3, 0.4) is 0 Å². The highest BCUT2D eigenvalue weighted by Gasteiger charge is 2.45. The summed E-state index contributed by atoms with van der Waals surface area (Å²) < 4.78 is 72.9. The van der Waals surface area contributed by atoms with Crippen molar-refractivity contribution in [2.75, 3.05) is 54.6 Å². The average Bonchev–Trinajstić information content (AvgIpc) is 1.73. The monoisotopic (exact) mass is 1880 g/mol. The summed E-state index contributed by atoms with van der Waals surface area (Å²) in [7, 11) is 6.75. The first-order chi connectivity index (χ1) is 67.1. The number of rotatable bonds is 18. The maximum absolute atomic E-state index is 14.2. The molecule has 0 bridgehead atoms. The SMILES string of the molecule is COc1cc(/C=C2\CCCN3C2=NOC(c2cc(C)cc(F)c2)[C@@H]3C(C)C)ccc1-n1cnc(C)c1.COc1cc(/C=C2\CCCN3C2=NOC(c2ccc(C)cc2)[C@@H]3C(C)C)ccc1-n1cnc(C)c1.COc1cc(/C=C2\CCCN3C2=NO[C@@H](c2cc(C)cc(F)c2)[C@@H]3C)ccc1-n1cnc(C)c1.COc1cc(/C=C2\CCCN3C2=NO[C@H](c2cc(C)cc(F)c2)[C@@H]3C)ccc1-n1cnc(C)c1. The molecule has 0 amide bonds. The van der Waals surface area contributed by atoms with Gasteiger partial charge >= 0.3 is 0 Å². The second-order valence-electron chi connectivity index (χ2n) is 38.1. The molecule has 12 heterocycles. The van der Waals surface area contributed by atoms with E-state index in [1.54, 1.807) is 71.7 Å². The fourth-order valence-corrected chi connectivity index (χ4v) is 20.3. The van der Waals surface area contributed by atoms with E-state index >= 15 is 0 Å². The van der Waals surface area contributed by atoms with Gasteiger partial charge in [0, 0.05) is 67.7 Å². The lowest BCUT2D eigenvalue weighted by Gasteiger charge is -2.45. The van der Waals surface area contributed by atoms with Crippen LogP contribution >= 0.6 is 0 Å². The molecule has 27 heteroatoms. The van der Waals surface area contributed by atoms with Crippen LogP contribution in [0.15, 0.2) is 245 Å². The number of aryl methyl sites for hydroxylation is 8. The lowest BCUT2D eigenvalue weighted by molar-refractivity contribution is -0.0373. The average molecular weight is 1880 g/mol. The summed E-state index contributed by atoms with van der Waals surface area (Å²) in [5, 5.41) is 18.3. The van der Waals surface area contributed by atoms with E-state index in [4.69, 9.17) is 38.3 Å². The first-order valence-corrected chi connectivity index (χ1v) is 48.1. The maximum Gasteiger partial charge on any atom is 0.173 e. The summed E-state index contributed by atoms with van der Waals surface area (Å²) in [5.74, 6) is 6.66. The highest BCUT2D eigenvalue weighted by atomic mass is 19.1. The third kappa shape index (κ3) is 21.5. The number of halogens is 3. The second kappa shape index (κ2) is 42.3. The van der Waals surface area contributed by atoms with E-state index in [0.29, 0.717) is 11.8 Å². The van der Waals surface area contributed by atoms with Crippen LogP contribution in [0.25, 0.3) is 47.1 Å². The van der Waals surface area contributed by atoms with Crippen molar-refractivity contribution < 1.29 is 51.5 Å². The first-order valence-electron chi connectivity index (χ1n) is 48.1. The van der Waals surface area contributed by atoms with Crippen LogP contribution in [0.2, 0.25) is 0 Å². The number of hydrogen-bond donors (Lipinski definition) is 0. The summed E-state index contributed by atoms with van der Waals surface area (Å²) in [4.78, 5) is 50.9. The number of oxime groups is 4. The van der Waals surface area contributed by atoms with Gasteiger partial charge in [-0.15, -0.1) is 0 Å². The third-order valence-corrected chi connectivity index (χ3v) is 26.9. The summed E-state index contributed by atoms with van der Waals surface area (Å²) in [6, 6.07) is 49.0. The van der Waals surface area contributed by atoms with E-state index in [-0.39, 0.29) is 66.0 Å². The molecule has 8 aromatic carbocycles. The fraction of sp³-hybridized carbons (Fsp3) is 0.357. The van der Waals surface area contributed by atoms with Crippen LogP contribution in [0.4, 0.5) is 13.2 Å². The Morgan fingerprint density at radius 1 is 0.317 bits per heavy atom. The molecule has 12 aromatic rings. The number of hydrogen-bond acceptors (Lipinski definition) is 20. The van der Waals surface area contributed by atoms with Crippen LogP contribution in [0, 0.1) is 84.7 Å². The molecule has 4 fully saturated rings. The van der Waals surface area contributed by atoms with Gasteiger partial charge in [0.25, 0.3) is 0 Å². The van der Waals surface area contributed by atoms with Gasteiger partial charge in [-0.1, -0.05) is 121 Å². The molecule has 8 atom stereocenters. The minimum absolute atomic E-state index is 0.0405. The van der Waals surface area contributed by atoms with Crippen molar-refractivity contribution >= 4 is 47.6 Å². The number of nitrogens with zero attached hydrogens (tertiary/aromatic N) is 16. The van der Waals surface area contributed by atoms with Gasteiger partial charge < -0.3 is 76.2 Å². The van der Waals surface area contributed by atoms with Crippen LogP contribution < -0.4 is 18.9 Å². The molecule has 2 unspecified atom stereocenters. The predicted octanol–water partition coefficient (Wildman–Crippen LogP) is 23.5. The Morgan fingerprint density at radius 3 is 0.849 bits per heavy atom. The number of imidazole rings is 4. The number of fused-ring (bicyclic) bond motifs is 4. The third-order valence-electron chi connectivity index (χ3n) is 26.9. The van der Waals surface area contributed by atoms with Crippen molar-refractivity contribution in [2.24, 2.45) is 32.5 Å². The van der Waals surface area contributed by atoms with Crippen LogP contribution in [0.5, 0.6) is 23.0 Å². The Balaban J connectivity index is 0.000000128.